The first-order chi connectivity index (χ1) is 13.1. The third-order valence-corrected chi connectivity index (χ3v) is 4.92. The molecule has 4 rings (SSSR count). The highest BCUT2D eigenvalue weighted by Gasteiger charge is 2.22. The molecular weight excluding hydrogens is 344 g/mol. The molecule has 1 fully saturated rings. The molecule has 1 aromatic carbocycles. The second kappa shape index (κ2) is 7.32. The summed E-state index contributed by atoms with van der Waals surface area (Å²) in [6, 6.07) is 7.86. The summed E-state index contributed by atoms with van der Waals surface area (Å²) in [5.41, 5.74) is 3.07. The SMILES string of the molecule is Cc1c(C(=O)Nc2cccc(-c3nncn3C)c2)cnn1C1CCOCC1. The molecule has 27 heavy (non-hydrogen) atoms. The Morgan fingerprint density at radius 2 is 2.11 bits per heavy atom. The molecule has 1 aliphatic heterocycles. The van der Waals surface area contributed by atoms with Gasteiger partial charge in [0.25, 0.3) is 5.91 Å². The van der Waals surface area contributed by atoms with Gasteiger partial charge in [-0.1, -0.05) is 12.1 Å². The molecule has 8 heteroatoms. The van der Waals surface area contributed by atoms with Crippen LogP contribution in [0, 0.1) is 6.92 Å². The summed E-state index contributed by atoms with van der Waals surface area (Å²) >= 11 is 0. The van der Waals surface area contributed by atoms with Crippen LogP contribution < -0.4 is 5.32 Å². The van der Waals surface area contributed by atoms with E-state index >= 15 is 0 Å². The van der Waals surface area contributed by atoms with E-state index in [1.807, 2.05) is 47.5 Å². The monoisotopic (exact) mass is 366 g/mol. The van der Waals surface area contributed by atoms with Crippen molar-refractivity contribution in [3.63, 3.8) is 0 Å². The molecule has 140 valence electrons. The summed E-state index contributed by atoms with van der Waals surface area (Å²) in [5.74, 6) is 0.579. The van der Waals surface area contributed by atoms with Gasteiger partial charge in [-0.3, -0.25) is 9.48 Å². The Morgan fingerprint density at radius 3 is 2.85 bits per heavy atom. The number of carbonyl (C=O) groups excluding carboxylic acids is 1. The zero-order valence-electron chi connectivity index (χ0n) is 15.4. The second-order valence-electron chi connectivity index (χ2n) is 6.73. The number of aryl methyl sites for hydroxylation is 1. The topological polar surface area (TPSA) is 86.9 Å². The smallest absolute Gasteiger partial charge is 0.259 e. The average Bonchev–Trinajstić information content (AvgIpc) is 3.28. The van der Waals surface area contributed by atoms with Gasteiger partial charge >= 0.3 is 0 Å². The summed E-state index contributed by atoms with van der Waals surface area (Å²) < 4.78 is 9.20. The number of benzene rings is 1. The van der Waals surface area contributed by atoms with Crippen LogP contribution >= 0.6 is 0 Å². The Bertz CT molecular complexity index is 955. The van der Waals surface area contributed by atoms with Crippen molar-refractivity contribution in [2.75, 3.05) is 18.5 Å². The number of aromatic nitrogens is 5. The van der Waals surface area contributed by atoms with E-state index < -0.39 is 0 Å². The fraction of sp³-hybridized carbons (Fsp3) is 0.368. The maximum atomic E-state index is 12.8. The summed E-state index contributed by atoms with van der Waals surface area (Å²) in [6.45, 7) is 3.41. The van der Waals surface area contributed by atoms with Crippen LogP contribution in [-0.2, 0) is 11.8 Å². The number of nitrogens with one attached hydrogen (secondary N) is 1. The Balaban J connectivity index is 1.53. The number of carbonyl (C=O) groups is 1. The largest absolute Gasteiger partial charge is 0.381 e. The van der Waals surface area contributed by atoms with Gasteiger partial charge in [0, 0.05) is 37.2 Å². The van der Waals surface area contributed by atoms with Crippen LogP contribution in [0.1, 0.15) is 34.9 Å². The van der Waals surface area contributed by atoms with Gasteiger partial charge in [0.15, 0.2) is 5.82 Å². The summed E-state index contributed by atoms with van der Waals surface area (Å²) in [7, 11) is 1.88. The number of amides is 1. The van der Waals surface area contributed by atoms with E-state index in [4.69, 9.17) is 4.74 Å². The van der Waals surface area contributed by atoms with E-state index in [-0.39, 0.29) is 5.91 Å². The molecule has 1 N–H and O–H groups in total. The Labute approximate surface area is 157 Å². The quantitative estimate of drug-likeness (QED) is 0.767. The van der Waals surface area contributed by atoms with E-state index in [0.717, 1.165) is 43.1 Å². The highest BCUT2D eigenvalue weighted by Crippen LogP contribution is 2.24. The molecule has 2 aromatic heterocycles. The minimum Gasteiger partial charge on any atom is -0.381 e. The molecule has 0 bridgehead atoms. The first-order valence-corrected chi connectivity index (χ1v) is 9.01. The number of hydrogen-bond acceptors (Lipinski definition) is 5. The van der Waals surface area contributed by atoms with Gasteiger partial charge in [-0.15, -0.1) is 10.2 Å². The van der Waals surface area contributed by atoms with Gasteiger partial charge < -0.3 is 14.6 Å². The molecule has 1 aliphatic rings. The van der Waals surface area contributed by atoms with E-state index in [1.54, 1.807) is 12.5 Å². The molecule has 0 radical (unpaired) electrons. The summed E-state index contributed by atoms with van der Waals surface area (Å²) in [5, 5.41) is 15.4. The van der Waals surface area contributed by atoms with Crippen LogP contribution in [0.25, 0.3) is 11.4 Å². The molecular formula is C19H22N6O2. The zero-order valence-corrected chi connectivity index (χ0v) is 15.4. The first-order valence-electron chi connectivity index (χ1n) is 9.01. The lowest BCUT2D eigenvalue weighted by atomic mass is 10.1. The third kappa shape index (κ3) is 3.48. The first kappa shape index (κ1) is 17.4. The molecule has 8 nitrogen and oxygen atoms in total. The Kier molecular flexibility index (Phi) is 4.72. The van der Waals surface area contributed by atoms with E-state index in [1.165, 1.54) is 0 Å². The molecule has 0 aliphatic carbocycles. The lowest BCUT2D eigenvalue weighted by Crippen LogP contribution is -2.22. The fourth-order valence-corrected chi connectivity index (χ4v) is 3.42. The molecule has 0 saturated carbocycles. The van der Waals surface area contributed by atoms with Gasteiger partial charge in [0.05, 0.1) is 17.8 Å². The maximum absolute atomic E-state index is 12.8. The standard InChI is InChI=1S/C19H22N6O2/c1-13-17(11-21-25(13)16-6-8-27-9-7-16)19(26)22-15-5-3-4-14(10-15)18-23-20-12-24(18)2/h3-5,10-12,16H,6-9H2,1-2H3,(H,22,26). The third-order valence-electron chi connectivity index (χ3n) is 4.92. The van der Waals surface area contributed by atoms with Crippen molar-refractivity contribution in [3.8, 4) is 11.4 Å². The molecule has 0 spiro atoms. The predicted molar refractivity (Wildman–Crippen MR) is 100 cm³/mol. The number of anilines is 1. The highest BCUT2D eigenvalue weighted by atomic mass is 16.5. The molecule has 0 atom stereocenters. The van der Waals surface area contributed by atoms with E-state index in [0.29, 0.717) is 17.3 Å². The summed E-state index contributed by atoms with van der Waals surface area (Å²) in [6.07, 6.45) is 5.13. The number of hydrogen-bond donors (Lipinski definition) is 1. The van der Waals surface area contributed by atoms with Crippen LogP contribution in [-0.4, -0.2) is 43.7 Å². The number of ether oxygens (including phenoxy) is 1. The zero-order chi connectivity index (χ0) is 18.8. The molecule has 3 aromatic rings. The second-order valence-corrected chi connectivity index (χ2v) is 6.73. The van der Waals surface area contributed by atoms with Gasteiger partial charge in [0.1, 0.15) is 6.33 Å². The van der Waals surface area contributed by atoms with Crippen molar-refractivity contribution in [2.24, 2.45) is 7.05 Å². The Morgan fingerprint density at radius 1 is 1.30 bits per heavy atom. The van der Waals surface area contributed by atoms with Crippen molar-refractivity contribution in [1.82, 2.24) is 24.5 Å². The van der Waals surface area contributed by atoms with E-state index in [9.17, 15) is 4.79 Å². The van der Waals surface area contributed by atoms with Crippen LogP contribution in [0.5, 0.6) is 0 Å². The van der Waals surface area contributed by atoms with Crippen LogP contribution in [0.4, 0.5) is 5.69 Å². The normalized spacial score (nSPS) is 15.0. The maximum Gasteiger partial charge on any atom is 0.259 e. The molecule has 1 amide bonds. The average molecular weight is 366 g/mol. The number of nitrogens with zero attached hydrogens (tertiary/aromatic N) is 5. The number of rotatable bonds is 4. The van der Waals surface area contributed by atoms with Gasteiger partial charge in [0.2, 0.25) is 0 Å². The van der Waals surface area contributed by atoms with Crippen molar-refractivity contribution in [3.05, 3.63) is 48.0 Å². The minimum atomic E-state index is -0.166. The van der Waals surface area contributed by atoms with Crippen LogP contribution in [0.15, 0.2) is 36.8 Å². The molecule has 3 heterocycles. The van der Waals surface area contributed by atoms with Crippen molar-refractivity contribution in [2.45, 2.75) is 25.8 Å². The van der Waals surface area contributed by atoms with Crippen LogP contribution in [0.3, 0.4) is 0 Å². The van der Waals surface area contributed by atoms with Crippen molar-refractivity contribution < 1.29 is 9.53 Å². The van der Waals surface area contributed by atoms with Gasteiger partial charge in [-0.25, -0.2) is 0 Å². The minimum absolute atomic E-state index is 0.166. The Hall–Kier alpha value is -3.00. The van der Waals surface area contributed by atoms with E-state index in [2.05, 4.69) is 20.6 Å². The lowest BCUT2D eigenvalue weighted by molar-refractivity contribution is 0.0656. The van der Waals surface area contributed by atoms with Gasteiger partial charge in [-0.05, 0) is 31.9 Å². The summed E-state index contributed by atoms with van der Waals surface area (Å²) in [4.78, 5) is 12.8. The predicted octanol–water partition coefficient (Wildman–Crippen LogP) is 2.59. The van der Waals surface area contributed by atoms with Crippen molar-refractivity contribution in [1.29, 1.82) is 0 Å². The lowest BCUT2D eigenvalue weighted by Gasteiger charge is -2.23. The van der Waals surface area contributed by atoms with Crippen molar-refractivity contribution >= 4 is 11.6 Å². The molecule has 0 unspecified atom stereocenters. The fourth-order valence-electron chi connectivity index (χ4n) is 3.42. The highest BCUT2D eigenvalue weighted by molar-refractivity contribution is 6.05. The van der Waals surface area contributed by atoms with Crippen LogP contribution in [0.2, 0.25) is 0 Å². The van der Waals surface area contributed by atoms with Gasteiger partial charge in [-0.2, -0.15) is 5.10 Å². The molecule has 1 saturated heterocycles.